The molecule has 2 N–H and O–H groups in total. The van der Waals surface area contributed by atoms with E-state index in [0.29, 0.717) is 22.7 Å². The van der Waals surface area contributed by atoms with Crippen LogP contribution in [0.3, 0.4) is 0 Å². The van der Waals surface area contributed by atoms with Crippen molar-refractivity contribution in [3.05, 3.63) is 46.5 Å². The summed E-state index contributed by atoms with van der Waals surface area (Å²) in [6, 6.07) is 12.0. The Balaban J connectivity index is 1.40. The van der Waals surface area contributed by atoms with Gasteiger partial charge in [-0.05, 0) is 106 Å². The zero-order valence-electron chi connectivity index (χ0n) is 21.5. The first-order valence-corrected chi connectivity index (χ1v) is 13.6. The van der Waals surface area contributed by atoms with Gasteiger partial charge in [0, 0.05) is 17.6 Å². The van der Waals surface area contributed by atoms with Crippen LogP contribution < -0.4 is 10.1 Å². The molecular weight excluding hydrogens is 456 g/mol. The summed E-state index contributed by atoms with van der Waals surface area (Å²) >= 11 is 6.38. The third kappa shape index (κ3) is 5.23. The second-order valence-corrected chi connectivity index (χ2v) is 11.3. The molecule has 2 fully saturated rings. The maximum atomic E-state index is 6.38. The summed E-state index contributed by atoms with van der Waals surface area (Å²) in [4.78, 5) is 11.4. The van der Waals surface area contributed by atoms with E-state index in [9.17, 15) is 0 Å². The lowest BCUT2D eigenvalue weighted by molar-refractivity contribution is 0.0562. The van der Waals surface area contributed by atoms with Gasteiger partial charge in [0.2, 0.25) is 0 Å². The maximum absolute atomic E-state index is 6.38. The van der Waals surface area contributed by atoms with Crippen molar-refractivity contribution >= 4 is 22.6 Å². The molecule has 3 aromatic rings. The molecule has 35 heavy (non-hydrogen) atoms. The topological polar surface area (TPSA) is 53.2 Å². The molecule has 2 aliphatic rings. The number of ether oxygens (including phenoxy) is 1. The smallest absolute Gasteiger partial charge is 0.138 e. The molecule has 188 valence electrons. The Bertz CT molecular complexity index is 1170. The summed E-state index contributed by atoms with van der Waals surface area (Å²) in [5.74, 6) is 2.85. The summed E-state index contributed by atoms with van der Waals surface area (Å²) in [5, 5.41) is 4.14. The number of rotatable bonds is 6. The Morgan fingerprint density at radius 1 is 1.14 bits per heavy atom. The van der Waals surface area contributed by atoms with Crippen LogP contribution in [0.2, 0.25) is 5.02 Å². The molecule has 1 unspecified atom stereocenters. The van der Waals surface area contributed by atoms with Crippen molar-refractivity contribution in [3.8, 4) is 17.1 Å². The number of aryl methyl sites for hydroxylation is 1. The molecule has 5 rings (SSSR count). The van der Waals surface area contributed by atoms with E-state index in [1.807, 2.05) is 18.2 Å². The van der Waals surface area contributed by atoms with Gasteiger partial charge in [0.15, 0.2) is 0 Å². The van der Waals surface area contributed by atoms with Crippen LogP contribution >= 0.6 is 11.6 Å². The molecule has 0 bridgehead atoms. The molecular formula is C29H39ClN4O. The van der Waals surface area contributed by atoms with E-state index in [1.54, 1.807) is 7.11 Å². The molecule has 2 atom stereocenters. The van der Waals surface area contributed by atoms with Crippen LogP contribution in [0.4, 0.5) is 0 Å². The van der Waals surface area contributed by atoms with E-state index in [0.717, 1.165) is 47.5 Å². The van der Waals surface area contributed by atoms with Gasteiger partial charge in [0.1, 0.15) is 11.6 Å². The summed E-state index contributed by atoms with van der Waals surface area (Å²) < 4.78 is 5.31. The largest absolute Gasteiger partial charge is 0.495 e. The van der Waals surface area contributed by atoms with Crippen LogP contribution in [0.5, 0.6) is 5.75 Å². The van der Waals surface area contributed by atoms with Crippen molar-refractivity contribution in [1.29, 1.82) is 0 Å². The SMILES string of the molecule is COc1ccc(-c2nc3c(C)cc(C4CCN(C5CCNCC5)[C@H](CC(C)C)C4)cc3[nH]2)cc1Cl. The highest BCUT2D eigenvalue weighted by Gasteiger charge is 2.34. The summed E-state index contributed by atoms with van der Waals surface area (Å²) in [5.41, 5.74) is 5.82. The van der Waals surface area contributed by atoms with Crippen LogP contribution in [-0.2, 0) is 0 Å². The fourth-order valence-electron chi connectivity index (χ4n) is 6.27. The highest BCUT2D eigenvalue weighted by atomic mass is 35.5. The zero-order valence-corrected chi connectivity index (χ0v) is 22.3. The van der Waals surface area contributed by atoms with Crippen LogP contribution in [-0.4, -0.2) is 53.7 Å². The summed E-state index contributed by atoms with van der Waals surface area (Å²) in [7, 11) is 1.63. The number of hydrogen-bond acceptors (Lipinski definition) is 4. The third-order valence-electron chi connectivity index (χ3n) is 7.98. The maximum Gasteiger partial charge on any atom is 0.138 e. The van der Waals surface area contributed by atoms with Gasteiger partial charge in [0.25, 0.3) is 0 Å². The van der Waals surface area contributed by atoms with E-state index < -0.39 is 0 Å². The van der Waals surface area contributed by atoms with Gasteiger partial charge in [-0.2, -0.15) is 0 Å². The average Bonchev–Trinajstić information content (AvgIpc) is 3.29. The van der Waals surface area contributed by atoms with Crippen molar-refractivity contribution < 1.29 is 4.74 Å². The lowest BCUT2D eigenvalue weighted by atomic mass is 9.80. The van der Waals surface area contributed by atoms with Crippen molar-refractivity contribution in [1.82, 2.24) is 20.2 Å². The number of aromatic nitrogens is 2. The fraction of sp³-hybridized carbons (Fsp3) is 0.552. The van der Waals surface area contributed by atoms with Crippen molar-refractivity contribution in [3.63, 3.8) is 0 Å². The minimum Gasteiger partial charge on any atom is -0.495 e. The highest BCUT2D eigenvalue weighted by molar-refractivity contribution is 6.32. The predicted octanol–water partition coefficient (Wildman–Crippen LogP) is 6.55. The minimum absolute atomic E-state index is 0.597. The Morgan fingerprint density at radius 2 is 1.94 bits per heavy atom. The number of imidazole rings is 1. The number of benzene rings is 2. The van der Waals surface area contributed by atoms with Crippen LogP contribution in [0, 0.1) is 12.8 Å². The van der Waals surface area contributed by atoms with Gasteiger partial charge in [-0.1, -0.05) is 31.5 Å². The van der Waals surface area contributed by atoms with Gasteiger partial charge >= 0.3 is 0 Å². The second kappa shape index (κ2) is 10.5. The molecule has 5 nitrogen and oxygen atoms in total. The molecule has 0 saturated carbocycles. The van der Waals surface area contributed by atoms with E-state index in [1.165, 1.54) is 49.8 Å². The van der Waals surface area contributed by atoms with E-state index in [4.69, 9.17) is 21.3 Å². The van der Waals surface area contributed by atoms with Crippen LogP contribution in [0.25, 0.3) is 22.4 Å². The molecule has 1 aromatic heterocycles. The quantitative estimate of drug-likeness (QED) is 0.408. The van der Waals surface area contributed by atoms with E-state index in [2.05, 4.69) is 48.1 Å². The zero-order chi connectivity index (χ0) is 24.5. The Labute approximate surface area is 214 Å². The number of fused-ring (bicyclic) bond motifs is 1. The number of methoxy groups -OCH3 is 1. The molecule has 2 saturated heterocycles. The third-order valence-corrected chi connectivity index (χ3v) is 8.27. The lowest BCUT2D eigenvalue weighted by Gasteiger charge is -2.46. The number of hydrogen-bond donors (Lipinski definition) is 2. The Morgan fingerprint density at radius 3 is 2.66 bits per heavy atom. The highest BCUT2D eigenvalue weighted by Crippen LogP contribution is 2.38. The lowest BCUT2D eigenvalue weighted by Crippen LogP contribution is -2.51. The summed E-state index contributed by atoms with van der Waals surface area (Å²) in [6.07, 6.45) is 6.35. The van der Waals surface area contributed by atoms with Crippen LogP contribution in [0.1, 0.15) is 63.0 Å². The summed E-state index contributed by atoms with van der Waals surface area (Å²) in [6.45, 7) is 10.5. The number of piperidine rings is 2. The first kappa shape index (κ1) is 24.6. The Hall–Kier alpha value is -2.08. The number of aromatic amines is 1. The molecule has 6 heteroatoms. The van der Waals surface area contributed by atoms with E-state index >= 15 is 0 Å². The van der Waals surface area contributed by atoms with E-state index in [-0.39, 0.29) is 0 Å². The van der Waals surface area contributed by atoms with Gasteiger partial charge in [0.05, 0.1) is 23.2 Å². The molecule has 0 spiro atoms. The molecule has 2 aliphatic heterocycles. The molecule has 0 radical (unpaired) electrons. The van der Waals surface area contributed by atoms with Gasteiger partial charge in [-0.3, -0.25) is 4.90 Å². The molecule has 0 aliphatic carbocycles. The van der Waals surface area contributed by atoms with Crippen LogP contribution in [0.15, 0.2) is 30.3 Å². The van der Waals surface area contributed by atoms with Crippen molar-refractivity contribution in [2.24, 2.45) is 5.92 Å². The van der Waals surface area contributed by atoms with Gasteiger partial charge in [-0.25, -0.2) is 4.98 Å². The van der Waals surface area contributed by atoms with Crippen molar-refractivity contribution in [2.45, 2.75) is 70.9 Å². The number of halogens is 1. The average molecular weight is 495 g/mol. The number of H-pyrrole nitrogens is 1. The standard InChI is InChI=1S/C29H39ClN4O/c1-18(2)13-24-15-20(9-12-34(24)23-7-10-31-11-8-23)22-14-19(3)28-26(17-22)32-29(33-28)21-5-6-27(35-4)25(30)16-21/h5-6,14,16-18,20,23-24,31H,7-13,15H2,1-4H3,(H,32,33)/t20?,24-/m1/s1. The second-order valence-electron chi connectivity index (χ2n) is 10.9. The van der Waals surface area contributed by atoms with Gasteiger partial charge < -0.3 is 15.0 Å². The fourth-order valence-corrected chi connectivity index (χ4v) is 6.53. The normalized spacial score (nSPS) is 22.2. The first-order valence-electron chi connectivity index (χ1n) is 13.2. The monoisotopic (exact) mass is 494 g/mol. The number of likely N-dealkylation sites (tertiary alicyclic amines) is 1. The predicted molar refractivity (Wildman–Crippen MR) is 146 cm³/mol. The number of nitrogens with one attached hydrogen (secondary N) is 2. The minimum atomic E-state index is 0.597. The molecule has 0 amide bonds. The Kier molecular flexibility index (Phi) is 7.38. The number of nitrogens with zero attached hydrogens (tertiary/aromatic N) is 2. The molecule has 2 aromatic carbocycles. The molecule has 3 heterocycles. The first-order chi connectivity index (χ1) is 16.9. The van der Waals surface area contributed by atoms with Gasteiger partial charge in [-0.15, -0.1) is 0 Å². The van der Waals surface area contributed by atoms with Crippen molar-refractivity contribution in [2.75, 3.05) is 26.7 Å².